The maximum absolute atomic E-state index is 12.4. The first-order chi connectivity index (χ1) is 15.3. The molecule has 0 saturated carbocycles. The molecule has 1 aliphatic heterocycles. The number of benzene rings is 2. The van der Waals surface area contributed by atoms with Gasteiger partial charge in [-0.1, -0.05) is 18.1 Å². The number of halogens is 1. The van der Waals surface area contributed by atoms with Gasteiger partial charge in [0.1, 0.15) is 6.61 Å². The summed E-state index contributed by atoms with van der Waals surface area (Å²) in [6.45, 7) is 2.31. The maximum atomic E-state index is 12.4. The molecule has 1 fully saturated rings. The van der Waals surface area contributed by atoms with E-state index in [9.17, 15) is 14.4 Å². The van der Waals surface area contributed by atoms with Crippen LogP contribution in [-0.2, 0) is 11.4 Å². The number of carboxylic acid groups (broad SMARTS) is 1. The Balaban J connectivity index is 1.86. The van der Waals surface area contributed by atoms with Crippen LogP contribution in [0.1, 0.15) is 28.4 Å². The summed E-state index contributed by atoms with van der Waals surface area (Å²) in [4.78, 5) is 36.9. The van der Waals surface area contributed by atoms with Crippen LogP contribution in [0.2, 0.25) is 0 Å². The molecule has 164 valence electrons. The Morgan fingerprint density at radius 1 is 1.28 bits per heavy atom. The number of carboxylic acids is 1. The van der Waals surface area contributed by atoms with Gasteiger partial charge in [0, 0.05) is 0 Å². The fourth-order valence-electron chi connectivity index (χ4n) is 2.90. The lowest BCUT2D eigenvalue weighted by Crippen LogP contribution is -2.28. The first-order valence-electron chi connectivity index (χ1n) is 9.44. The second-order valence-corrected chi connectivity index (χ2v) is 8.68. The summed E-state index contributed by atoms with van der Waals surface area (Å²) in [6, 6.07) is 10.0. The molecule has 2 amide bonds. The molecular formula is C23H18INO6S. The molecule has 0 spiro atoms. The van der Waals surface area contributed by atoms with Gasteiger partial charge in [0.25, 0.3) is 11.1 Å². The smallest absolute Gasteiger partial charge is 0.335 e. The first-order valence-corrected chi connectivity index (χ1v) is 11.3. The molecule has 0 radical (unpaired) electrons. The van der Waals surface area contributed by atoms with E-state index in [-0.39, 0.29) is 23.6 Å². The third-order valence-corrected chi connectivity index (χ3v) is 6.02. The SMILES string of the molecule is C#CCN1C(=O)SC(=Cc2cc(I)c(OCc3cccc(C(=O)O)c3)c(OCC)c2)C1=O. The number of nitrogens with zero attached hydrogens (tertiary/aromatic N) is 1. The minimum absolute atomic E-state index is 0.0698. The average Bonchev–Trinajstić information content (AvgIpc) is 3.01. The van der Waals surface area contributed by atoms with Crippen LogP contribution in [0.3, 0.4) is 0 Å². The summed E-state index contributed by atoms with van der Waals surface area (Å²) in [7, 11) is 0. The lowest BCUT2D eigenvalue weighted by Gasteiger charge is -2.15. The van der Waals surface area contributed by atoms with E-state index >= 15 is 0 Å². The van der Waals surface area contributed by atoms with Crippen molar-refractivity contribution in [3.8, 4) is 23.8 Å². The summed E-state index contributed by atoms with van der Waals surface area (Å²) in [5.74, 6) is 1.85. The van der Waals surface area contributed by atoms with Crippen molar-refractivity contribution >= 4 is 57.5 Å². The minimum Gasteiger partial charge on any atom is -0.490 e. The summed E-state index contributed by atoms with van der Waals surface area (Å²) in [5, 5.41) is 8.75. The van der Waals surface area contributed by atoms with Gasteiger partial charge in [0.15, 0.2) is 11.5 Å². The number of terminal acetylenes is 1. The van der Waals surface area contributed by atoms with Crippen molar-refractivity contribution in [2.75, 3.05) is 13.2 Å². The molecule has 1 N–H and O–H groups in total. The van der Waals surface area contributed by atoms with Crippen LogP contribution in [-0.4, -0.2) is 40.3 Å². The Morgan fingerprint density at radius 2 is 2.06 bits per heavy atom. The van der Waals surface area contributed by atoms with Crippen molar-refractivity contribution in [2.24, 2.45) is 0 Å². The molecule has 3 rings (SSSR count). The molecule has 32 heavy (non-hydrogen) atoms. The van der Waals surface area contributed by atoms with Crippen molar-refractivity contribution in [1.82, 2.24) is 4.90 Å². The van der Waals surface area contributed by atoms with Gasteiger partial charge in [-0.3, -0.25) is 14.5 Å². The molecule has 0 aromatic heterocycles. The Morgan fingerprint density at radius 3 is 2.75 bits per heavy atom. The van der Waals surface area contributed by atoms with Gasteiger partial charge < -0.3 is 14.6 Å². The maximum Gasteiger partial charge on any atom is 0.335 e. The molecule has 2 aromatic rings. The Labute approximate surface area is 202 Å². The highest BCUT2D eigenvalue weighted by Gasteiger charge is 2.34. The van der Waals surface area contributed by atoms with Gasteiger partial charge in [0.2, 0.25) is 0 Å². The summed E-state index contributed by atoms with van der Waals surface area (Å²) < 4.78 is 12.4. The van der Waals surface area contributed by atoms with Crippen LogP contribution >= 0.6 is 34.4 Å². The zero-order valence-electron chi connectivity index (χ0n) is 17.0. The highest BCUT2D eigenvalue weighted by molar-refractivity contribution is 14.1. The van der Waals surface area contributed by atoms with E-state index in [1.54, 1.807) is 36.4 Å². The first kappa shape index (κ1) is 23.7. The lowest BCUT2D eigenvalue weighted by atomic mass is 10.1. The van der Waals surface area contributed by atoms with Crippen molar-refractivity contribution < 1.29 is 29.0 Å². The topological polar surface area (TPSA) is 93.1 Å². The fourth-order valence-corrected chi connectivity index (χ4v) is 4.52. The standard InChI is InChI=1S/C23H18INO6S/c1-3-8-25-21(26)19(32-23(25)29)12-15-10-17(24)20(18(11-15)30-4-2)31-13-14-6-5-7-16(9-14)22(27)28/h1,5-7,9-12H,4,8,13H2,2H3,(H,27,28). The van der Waals surface area contributed by atoms with Crippen molar-refractivity contribution in [3.63, 3.8) is 0 Å². The monoisotopic (exact) mass is 563 g/mol. The molecule has 1 heterocycles. The van der Waals surface area contributed by atoms with E-state index in [4.69, 9.17) is 21.0 Å². The van der Waals surface area contributed by atoms with Crippen LogP contribution in [0.15, 0.2) is 41.3 Å². The van der Waals surface area contributed by atoms with Crippen molar-refractivity contribution in [3.05, 3.63) is 61.6 Å². The number of carbonyl (C=O) groups is 3. The number of ether oxygens (including phenoxy) is 2. The van der Waals surface area contributed by atoms with E-state index in [1.807, 2.05) is 6.92 Å². The lowest BCUT2D eigenvalue weighted by molar-refractivity contribution is -0.122. The van der Waals surface area contributed by atoms with Gasteiger partial charge >= 0.3 is 5.97 Å². The third kappa shape index (κ3) is 5.44. The zero-order chi connectivity index (χ0) is 23.3. The number of rotatable bonds is 8. The van der Waals surface area contributed by atoms with Crippen LogP contribution in [0, 0.1) is 15.9 Å². The molecule has 1 aliphatic rings. The second-order valence-electron chi connectivity index (χ2n) is 6.53. The summed E-state index contributed by atoms with van der Waals surface area (Å²) >= 11 is 2.94. The molecule has 0 atom stereocenters. The van der Waals surface area contributed by atoms with Gasteiger partial charge in [0.05, 0.1) is 27.2 Å². The van der Waals surface area contributed by atoms with Gasteiger partial charge in [-0.25, -0.2) is 4.79 Å². The molecular weight excluding hydrogens is 545 g/mol. The summed E-state index contributed by atoms with van der Waals surface area (Å²) in [6.07, 6.45) is 6.85. The van der Waals surface area contributed by atoms with Crippen LogP contribution in [0.4, 0.5) is 4.79 Å². The Kier molecular flexibility index (Phi) is 7.82. The van der Waals surface area contributed by atoms with E-state index < -0.39 is 17.1 Å². The normalized spacial score (nSPS) is 14.5. The van der Waals surface area contributed by atoms with E-state index in [0.29, 0.717) is 29.2 Å². The average molecular weight is 563 g/mol. The second kappa shape index (κ2) is 10.6. The third-order valence-electron chi connectivity index (χ3n) is 4.31. The van der Waals surface area contributed by atoms with E-state index in [0.717, 1.165) is 20.2 Å². The quantitative estimate of drug-likeness (QED) is 0.284. The number of hydrogen-bond donors (Lipinski definition) is 1. The van der Waals surface area contributed by atoms with Crippen LogP contribution in [0.25, 0.3) is 6.08 Å². The van der Waals surface area contributed by atoms with Gasteiger partial charge in [-0.05, 0) is 82.7 Å². The Hall–Kier alpha value is -2.97. The van der Waals surface area contributed by atoms with E-state index in [2.05, 4.69) is 28.5 Å². The number of thioether (sulfide) groups is 1. The zero-order valence-corrected chi connectivity index (χ0v) is 19.9. The van der Waals surface area contributed by atoms with Gasteiger partial charge in [-0.15, -0.1) is 6.42 Å². The molecule has 0 aliphatic carbocycles. The van der Waals surface area contributed by atoms with Gasteiger partial charge in [-0.2, -0.15) is 0 Å². The summed E-state index contributed by atoms with van der Waals surface area (Å²) in [5.41, 5.74) is 1.55. The number of carbonyl (C=O) groups excluding carboxylic acids is 2. The molecule has 0 bridgehead atoms. The fraction of sp³-hybridized carbons (Fsp3) is 0.174. The largest absolute Gasteiger partial charge is 0.490 e. The number of amides is 2. The number of hydrogen-bond acceptors (Lipinski definition) is 6. The Bertz CT molecular complexity index is 1150. The van der Waals surface area contributed by atoms with Crippen LogP contribution < -0.4 is 9.47 Å². The number of imide groups is 1. The van der Waals surface area contributed by atoms with E-state index in [1.165, 1.54) is 6.07 Å². The predicted molar refractivity (Wildman–Crippen MR) is 130 cm³/mol. The molecule has 0 unspecified atom stereocenters. The van der Waals surface area contributed by atoms with Crippen LogP contribution in [0.5, 0.6) is 11.5 Å². The predicted octanol–water partition coefficient (Wildman–Crippen LogP) is 4.64. The molecule has 9 heteroatoms. The van der Waals surface area contributed by atoms with Crippen molar-refractivity contribution in [1.29, 1.82) is 0 Å². The molecule has 1 saturated heterocycles. The van der Waals surface area contributed by atoms with Crippen molar-refractivity contribution in [2.45, 2.75) is 13.5 Å². The highest BCUT2D eigenvalue weighted by Crippen LogP contribution is 2.37. The number of aromatic carboxylic acids is 1. The minimum atomic E-state index is -1.01. The molecule has 7 nitrogen and oxygen atoms in total. The molecule has 2 aromatic carbocycles. The highest BCUT2D eigenvalue weighted by atomic mass is 127.